The highest BCUT2D eigenvalue weighted by molar-refractivity contribution is 5.73. The summed E-state index contributed by atoms with van der Waals surface area (Å²) in [5.41, 5.74) is -0.467. The quantitative estimate of drug-likeness (QED) is 0.208. The van der Waals surface area contributed by atoms with Crippen LogP contribution in [0.3, 0.4) is 0 Å². The van der Waals surface area contributed by atoms with Gasteiger partial charge in [0.2, 0.25) is 0 Å². The molecular weight excluding hydrogens is 642 g/mol. The summed E-state index contributed by atoms with van der Waals surface area (Å²) < 4.78 is 21.2. The van der Waals surface area contributed by atoms with E-state index in [9.17, 15) is 30.3 Å². The summed E-state index contributed by atoms with van der Waals surface area (Å²) in [4.78, 5) is 13.4. The lowest BCUT2D eigenvalue weighted by atomic mass is 9.34. The Morgan fingerprint density at radius 3 is 2.34 bits per heavy atom. The molecule has 5 N–H and O–H groups in total. The maximum Gasteiger partial charge on any atom is 0.307 e. The van der Waals surface area contributed by atoms with Crippen molar-refractivity contribution in [3.05, 3.63) is 24.3 Å². The lowest BCUT2D eigenvalue weighted by molar-refractivity contribution is -0.343. The van der Waals surface area contributed by atoms with E-state index in [1.807, 2.05) is 4.57 Å². The molecule has 3 heterocycles. The summed E-state index contributed by atoms with van der Waals surface area (Å²) >= 11 is 0. The van der Waals surface area contributed by atoms with Crippen LogP contribution in [-0.2, 0) is 19.0 Å². The van der Waals surface area contributed by atoms with Crippen molar-refractivity contribution in [1.82, 2.24) is 14.8 Å². The zero-order valence-corrected chi connectivity index (χ0v) is 30.7. The lowest BCUT2D eigenvalue weighted by Gasteiger charge is -2.71. The van der Waals surface area contributed by atoms with E-state index in [4.69, 9.17) is 14.2 Å². The van der Waals surface area contributed by atoms with E-state index >= 15 is 0 Å². The molecule has 0 aromatic carbocycles. The molecule has 12 nitrogen and oxygen atoms in total. The molecule has 2 aliphatic heterocycles. The summed E-state index contributed by atoms with van der Waals surface area (Å²) in [6.45, 7) is 16.2. The number of ether oxygens (including phenoxy) is 3. The van der Waals surface area contributed by atoms with Crippen molar-refractivity contribution in [2.45, 2.75) is 130 Å². The van der Waals surface area contributed by atoms with E-state index in [-0.39, 0.29) is 40.0 Å². The lowest BCUT2D eigenvalue weighted by Crippen LogP contribution is -2.70. The SMILES string of the molecule is CC(C)[C@@H](C)[C@@]1(C)CC[C@]2(C)[C@H]3CC[C@H]4C5(C)COC[C@@]4(C[C@@H](n4cnnc4)[C@@H]5O[C@@H]4O[C@H](CO)[C@@H](O)[C@H](O)[C@H]4O)C3=CC[C@@]2(C)[C@@H]1C(=O)O. The molecule has 5 fully saturated rings. The number of fused-ring (bicyclic) bond motifs is 3. The minimum atomic E-state index is -1.55. The van der Waals surface area contributed by atoms with E-state index in [1.54, 1.807) is 12.7 Å². The molecule has 1 aromatic heterocycles. The number of aliphatic hydroxyl groups excluding tert-OH is 4. The van der Waals surface area contributed by atoms with Crippen molar-refractivity contribution in [3.8, 4) is 0 Å². The van der Waals surface area contributed by atoms with Crippen LogP contribution in [0.15, 0.2) is 24.3 Å². The largest absolute Gasteiger partial charge is 0.481 e. The topological polar surface area (TPSA) is 177 Å². The highest BCUT2D eigenvalue weighted by Crippen LogP contribution is 2.75. The summed E-state index contributed by atoms with van der Waals surface area (Å²) in [5, 5.41) is 61.3. The molecule has 16 atom stereocenters. The van der Waals surface area contributed by atoms with Crippen LogP contribution in [0, 0.1) is 56.7 Å². The van der Waals surface area contributed by atoms with Crippen molar-refractivity contribution in [2.24, 2.45) is 56.7 Å². The van der Waals surface area contributed by atoms with Gasteiger partial charge >= 0.3 is 5.97 Å². The molecule has 4 aliphatic carbocycles. The Hall–Kier alpha value is -1.93. The van der Waals surface area contributed by atoms with Gasteiger partial charge in [0.05, 0.1) is 37.9 Å². The number of carboxylic acid groups (broad SMARTS) is 1. The fourth-order valence-electron chi connectivity index (χ4n) is 12.8. The van der Waals surface area contributed by atoms with Crippen molar-refractivity contribution >= 4 is 5.97 Å². The number of aliphatic carboxylic acids is 1. The molecule has 6 aliphatic rings. The van der Waals surface area contributed by atoms with Gasteiger partial charge in [-0.25, -0.2) is 0 Å². The van der Waals surface area contributed by atoms with E-state index in [2.05, 4.69) is 64.7 Å². The summed E-state index contributed by atoms with van der Waals surface area (Å²) in [7, 11) is 0. The maximum absolute atomic E-state index is 13.4. The van der Waals surface area contributed by atoms with Crippen molar-refractivity contribution in [1.29, 1.82) is 0 Å². The van der Waals surface area contributed by atoms with Crippen molar-refractivity contribution in [3.63, 3.8) is 0 Å². The van der Waals surface area contributed by atoms with Crippen molar-refractivity contribution in [2.75, 3.05) is 19.8 Å². The van der Waals surface area contributed by atoms with Gasteiger partial charge in [0, 0.05) is 10.8 Å². The van der Waals surface area contributed by atoms with Gasteiger partial charge in [-0.05, 0) is 78.4 Å². The average Bonchev–Trinajstić information content (AvgIpc) is 3.61. The molecule has 2 bridgehead atoms. The third-order valence-corrected chi connectivity index (χ3v) is 16.0. The first-order chi connectivity index (χ1) is 23.5. The molecule has 0 radical (unpaired) electrons. The molecule has 1 aromatic rings. The normalized spacial score (nSPS) is 50.8. The van der Waals surface area contributed by atoms with E-state index in [1.165, 1.54) is 5.57 Å². The molecule has 2 saturated heterocycles. The fraction of sp³-hybridized carbons (Fsp3) is 0.868. The summed E-state index contributed by atoms with van der Waals surface area (Å²) in [6, 6.07) is -0.281. The summed E-state index contributed by atoms with van der Waals surface area (Å²) in [5.74, 6) is -0.143. The van der Waals surface area contributed by atoms with E-state index in [0.717, 1.165) is 25.7 Å². The molecule has 280 valence electrons. The van der Waals surface area contributed by atoms with Crippen LogP contribution in [-0.4, -0.2) is 103 Å². The van der Waals surface area contributed by atoms with Gasteiger partial charge in [0.1, 0.15) is 37.1 Å². The minimum absolute atomic E-state index is 0.159. The van der Waals surface area contributed by atoms with Gasteiger partial charge in [-0.2, -0.15) is 0 Å². The third kappa shape index (κ3) is 4.84. The maximum atomic E-state index is 13.4. The zero-order chi connectivity index (χ0) is 36.2. The number of hydrogen-bond donors (Lipinski definition) is 5. The van der Waals surface area contributed by atoms with Crippen LogP contribution in [0.2, 0.25) is 0 Å². The van der Waals surface area contributed by atoms with E-state index < -0.39 is 66.1 Å². The predicted molar refractivity (Wildman–Crippen MR) is 181 cm³/mol. The number of carboxylic acids is 1. The Balaban J connectivity index is 1.29. The van der Waals surface area contributed by atoms with Crippen LogP contribution in [0.25, 0.3) is 0 Å². The average molecular weight is 702 g/mol. The molecular formula is C38H59N3O9. The van der Waals surface area contributed by atoms with Gasteiger partial charge in [-0.1, -0.05) is 60.1 Å². The van der Waals surface area contributed by atoms with Crippen LogP contribution in [0.1, 0.15) is 93.0 Å². The van der Waals surface area contributed by atoms with Gasteiger partial charge in [0.25, 0.3) is 0 Å². The highest BCUT2D eigenvalue weighted by atomic mass is 16.7. The predicted octanol–water partition coefficient (Wildman–Crippen LogP) is 3.59. The van der Waals surface area contributed by atoms with Crippen LogP contribution < -0.4 is 0 Å². The second-order valence-electron chi connectivity index (χ2n) is 18.3. The molecule has 12 heteroatoms. The Bertz CT molecular complexity index is 1470. The Morgan fingerprint density at radius 1 is 1.00 bits per heavy atom. The zero-order valence-electron chi connectivity index (χ0n) is 30.7. The molecule has 50 heavy (non-hydrogen) atoms. The first-order valence-electron chi connectivity index (χ1n) is 18.8. The molecule has 0 amide bonds. The highest BCUT2D eigenvalue weighted by Gasteiger charge is 2.72. The minimum Gasteiger partial charge on any atom is -0.481 e. The monoisotopic (exact) mass is 701 g/mol. The smallest absolute Gasteiger partial charge is 0.307 e. The standard InChI is InChI=1S/C38H59N3O9/c1-20(2)21(3)34(4)12-13-36(6)22-8-9-26-35(5)16-48-17-38(26,23(22)10-11-37(36,7)30(34)32(46)47)14-24(41-18-39-40-19-41)31(35)50-33-29(45)28(44)27(43)25(15-42)49-33/h10,18-22,24-31,33,42-45H,8-9,11-17H2,1-7H3,(H,46,47)/t21-,22+,24-,25-,26+,27-,28+,29-,30-,31+,33+,34-,35?,36-,37+,38+/m1/s1. The van der Waals surface area contributed by atoms with Gasteiger partial charge in [0.15, 0.2) is 6.29 Å². The number of aliphatic hydroxyl groups is 4. The van der Waals surface area contributed by atoms with Crippen molar-refractivity contribution < 1.29 is 44.5 Å². The second-order valence-corrected chi connectivity index (χ2v) is 18.3. The van der Waals surface area contributed by atoms with Crippen LogP contribution >= 0.6 is 0 Å². The van der Waals surface area contributed by atoms with Gasteiger partial charge in [-0.15, -0.1) is 10.2 Å². The number of rotatable bonds is 7. The number of nitrogens with zero attached hydrogens (tertiary/aromatic N) is 3. The molecule has 7 rings (SSSR count). The fourth-order valence-corrected chi connectivity index (χ4v) is 12.8. The first kappa shape index (κ1) is 36.4. The Kier molecular flexibility index (Phi) is 8.97. The Labute approximate surface area is 295 Å². The van der Waals surface area contributed by atoms with Gasteiger partial charge < -0.3 is 44.3 Å². The molecule has 0 spiro atoms. The Morgan fingerprint density at radius 2 is 1.70 bits per heavy atom. The van der Waals surface area contributed by atoms with Crippen LogP contribution in [0.5, 0.6) is 0 Å². The number of aromatic nitrogens is 3. The summed E-state index contributed by atoms with van der Waals surface area (Å²) in [6.07, 6.45) is 3.36. The van der Waals surface area contributed by atoms with Crippen LogP contribution in [0.4, 0.5) is 0 Å². The van der Waals surface area contributed by atoms with E-state index in [0.29, 0.717) is 32.0 Å². The molecule has 3 saturated carbocycles. The van der Waals surface area contributed by atoms with Gasteiger partial charge in [-0.3, -0.25) is 4.79 Å². The number of hydrogen-bond acceptors (Lipinski definition) is 10. The number of carbonyl (C=O) groups is 1. The molecule has 1 unspecified atom stereocenters. The third-order valence-electron chi connectivity index (χ3n) is 16.0. The first-order valence-corrected chi connectivity index (χ1v) is 18.8. The number of allylic oxidation sites excluding steroid dienone is 1. The second kappa shape index (κ2) is 12.3.